The molecule has 0 amide bonds. The summed E-state index contributed by atoms with van der Waals surface area (Å²) in [4.78, 5) is 58.4. The molecule has 0 bridgehead atoms. The zero-order chi connectivity index (χ0) is 41.4. The summed E-state index contributed by atoms with van der Waals surface area (Å²) in [5, 5.41) is 19.1. The summed E-state index contributed by atoms with van der Waals surface area (Å²) in [6, 6.07) is -1.55. The summed E-state index contributed by atoms with van der Waals surface area (Å²) in [5.74, 6) is -2.83. The minimum Gasteiger partial charge on any atom is -0.480 e. The van der Waals surface area contributed by atoms with E-state index < -0.39 is 63.8 Å². The van der Waals surface area contributed by atoms with Crippen LogP contribution in [0.5, 0.6) is 0 Å². The summed E-state index contributed by atoms with van der Waals surface area (Å²) in [6.45, 7) is 2.49. The molecule has 0 aromatic carbocycles. The lowest BCUT2D eigenvalue weighted by Crippen LogP contribution is -2.34. The van der Waals surface area contributed by atoms with Crippen LogP contribution in [-0.4, -0.2) is 76.9 Å². The molecular weight excluding hydrogens is 741 g/mol. The van der Waals surface area contributed by atoms with Crippen molar-refractivity contribution in [3.05, 3.63) is 36.5 Å². The fourth-order valence-electron chi connectivity index (χ4n) is 6.17. The summed E-state index contributed by atoms with van der Waals surface area (Å²) in [7, 11) is -4.76. The van der Waals surface area contributed by atoms with Crippen LogP contribution in [0, 0.1) is 11.8 Å². The Kier molecular flexibility index (Phi) is 29.6. The fraction of sp³-hybridized carbons (Fsp3) is 0.762. The van der Waals surface area contributed by atoms with Gasteiger partial charge in [-0.2, -0.15) is 0 Å². The van der Waals surface area contributed by atoms with Gasteiger partial charge in [0.05, 0.1) is 19.3 Å². The van der Waals surface area contributed by atoms with Crippen molar-refractivity contribution >= 4 is 31.5 Å². The zero-order valence-corrected chi connectivity index (χ0v) is 35.0. The summed E-state index contributed by atoms with van der Waals surface area (Å²) in [5.41, 5.74) is 5.32. The molecule has 13 nitrogen and oxygen atoms in total. The number of carboxylic acids is 1. The Morgan fingerprint density at radius 1 is 0.804 bits per heavy atom. The van der Waals surface area contributed by atoms with Gasteiger partial charge in [0.1, 0.15) is 12.6 Å². The van der Waals surface area contributed by atoms with E-state index >= 15 is 0 Å². The zero-order valence-electron chi connectivity index (χ0n) is 34.1. The molecule has 0 saturated carbocycles. The summed E-state index contributed by atoms with van der Waals surface area (Å²) >= 11 is 0. The maximum atomic E-state index is 12.6. The molecule has 0 aromatic heterocycles. The normalized spacial score (nSPS) is 18.3. The van der Waals surface area contributed by atoms with E-state index in [-0.39, 0.29) is 30.5 Å². The molecule has 6 atom stereocenters. The van der Waals surface area contributed by atoms with Crippen LogP contribution in [0.4, 0.5) is 0 Å². The monoisotopic (exact) mass is 813 g/mol. The third-order valence-corrected chi connectivity index (χ3v) is 10.6. The Hall–Kier alpha value is -2.67. The van der Waals surface area contributed by atoms with Crippen molar-refractivity contribution in [3.63, 3.8) is 0 Å². The molecule has 56 heavy (non-hydrogen) atoms. The Bertz CT molecular complexity index is 1240. The minimum absolute atomic E-state index is 0.00254. The van der Waals surface area contributed by atoms with E-state index in [0.29, 0.717) is 32.1 Å². The van der Waals surface area contributed by atoms with Gasteiger partial charge in [-0.3, -0.25) is 28.2 Å². The van der Waals surface area contributed by atoms with E-state index in [0.717, 1.165) is 38.5 Å². The van der Waals surface area contributed by atoms with Crippen LogP contribution in [0.25, 0.3) is 0 Å². The second-order valence-electron chi connectivity index (χ2n) is 14.8. The van der Waals surface area contributed by atoms with Crippen molar-refractivity contribution in [2.45, 2.75) is 173 Å². The molecule has 0 aromatic rings. The van der Waals surface area contributed by atoms with Crippen LogP contribution >= 0.6 is 7.82 Å². The summed E-state index contributed by atoms with van der Waals surface area (Å²) < 4.78 is 32.6. The number of hydrogen-bond acceptors (Lipinski definition) is 11. The number of ether oxygens (including phenoxy) is 2. The van der Waals surface area contributed by atoms with Gasteiger partial charge in [0, 0.05) is 18.8 Å². The number of carbonyl (C=O) groups excluding carboxylic acids is 3. The first-order valence-corrected chi connectivity index (χ1v) is 22.6. The minimum atomic E-state index is -4.76. The molecule has 14 heteroatoms. The van der Waals surface area contributed by atoms with Crippen LogP contribution in [0.3, 0.4) is 0 Å². The second kappa shape index (κ2) is 32.3. The van der Waals surface area contributed by atoms with Gasteiger partial charge in [-0.1, -0.05) is 141 Å². The maximum Gasteiger partial charge on any atom is 0.472 e. The summed E-state index contributed by atoms with van der Waals surface area (Å²) in [6.07, 6.45) is 29.9. The first kappa shape index (κ1) is 51.3. The van der Waals surface area contributed by atoms with E-state index in [1.807, 2.05) is 24.3 Å². The van der Waals surface area contributed by atoms with Gasteiger partial charge < -0.3 is 30.3 Å². The fourth-order valence-corrected chi connectivity index (χ4v) is 6.95. The number of ketones is 1. The number of nitrogens with two attached hydrogens (primary N) is 1. The van der Waals surface area contributed by atoms with Crippen LogP contribution < -0.4 is 5.73 Å². The SMILES string of the molecule is CCCCCCCCCCCCCCCC(=O)O[C@H](COC(=O)CCC/C=C\C[C@H]1C=CC(=O)[C@@H]1/C=C/[C@@H](O)CCCCC)COP(=O)(O)OC[C@H](N)C(=O)O. The van der Waals surface area contributed by atoms with Crippen LogP contribution in [0.15, 0.2) is 36.5 Å². The predicted octanol–water partition coefficient (Wildman–Crippen LogP) is 8.45. The van der Waals surface area contributed by atoms with Gasteiger partial charge in [-0.25, -0.2) is 4.57 Å². The highest BCUT2D eigenvalue weighted by molar-refractivity contribution is 7.47. The predicted molar refractivity (Wildman–Crippen MR) is 217 cm³/mol. The van der Waals surface area contributed by atoms with E-state index in [4.69, 9.17) is 24.8 Å². The smallest absolute Gasteiger partial charge is 0.472 e. The average molecular weight is 814 g/mol. The lowest BCUT2D eigenvalue weighted by Gasteiger charge is -2.20. The van der Waals surface area contributed by atoms with Crippen LogP contribution in [0.2, 0.25) is 0 Å². The molecule has 0 spiro atoms. The number of carbonyl (C=O) groups is 4. The number of rotatable bonds is 36. The molecule has 322 valence electrons. The standard InChI is InChI=1S/C42H72NO12P/c1-3-5-7-8-9-10-11-12-13-14-15-16-22-26-41(47)55-36(32-53-56(50,51)54-33-38(43)42(48)49)31-52-40(46)25-21-18-17-20-23-34-27-30-39(45)37(34)29-28-35(44)24-19-6-4-2/h17,20,27-30,34-38,44H,3-16,18-19,21-26,31-33,43H2,1-2H3,(H,48,49)(H,50,51)/b20-17-,29-28+/t34-,35-,36+,37+,38-/m0/s1. The van der Waals surface area contributed by atoms with Gasteiger partial charge in [0.25, 0.3) is 0 Å². The maximum absolute atomic E-state index is 12.6. The molecule has 0 heterocycles. The Labute approximate surface area is 335 Å². The van der Waals surface area contributed by atoms with Gasteiger partial charge in [0.15, 0.2) is 11.9 Å². The number of unbranched alkanes of at least 4 members (excludes halogenated alkanes) is 15. The number of phosphoric acid groups is 1. The third kappa shape index (κ3) is 27.1. The van der Waals surface area contributed by atoms with Crippen molar-refractivity contribution in [2.75, 3.05) is 19.8 Å². The van der Waals surface area contributed by atoms with Crippen molar-refractivity contribution in [1.29, 1.82) is 0 Å². The number of aliphatic carboxylic acids is 1. The first-order valence-electron chi connectivity index (χ1n) is 21.1. The first-order chi connectivity index (χ1) is 26.9. The molecule has 0 fully saturated rings. The third-order valence-electron chi connectivity index (χ3n) is 9.64. The highest BCUT2D eigenvalue weighted by Gasteiger charge is 2.29. The van der Waals surface area contributed by atoms with Crippen molar-refractivity contribution in [2.24, 2.45) is 17.6 Å². The topological polar surface area (TPSA) is 209 Å². The lowest BCUT2D eigenvalue weighted by molar-refractivity contribution is -0.161. The number of esters is 2. The Morgan fingerprint density at radius 2 is 1.38 bits per heavy atom. The number of allylic oxidation sites excluding steroid dienone is 5. The highest BCUT2D eigenvalue weighted by Crippen LogP contribution is 2.43. The van der Waals surface area contributed by atoms with Crippen molar-refractivity contribution in [3.8, 4) is 0 Å². The van der Waals surface area contributed by atoms with Gasteiger partial charge >= 0.3 is 25.7 Å². The molecule has 0 saturated heterocycles. The number of aliphatic hydroxyl groups excluding tert-OH is 1. The van der Waals surface area contributed by atoms with E-state index in [9.17, 15) is 33.7 Å². The van der Waals surface area contributed by atoms with Gasteiger partial charge in [0.2, 0.25) is 0 Å². The molecule has 1 unspecified atom stereocenters. The molecule has 1 aliphatic rings. The van der Waals surface area contributed by atoms with E-state index in [1.165, 1.54) is 57.8 Å². The van der Waals surface area contributed by atoms with Gasteiger partial charge in [-0.15, -0.1) is 0 Å². The number of hydrogen-bond donors (Lipinski definition) is 4. The quantitative estimate of drug-likeness (QED) is 0.0203. The Balaban J connectivity index is 2.48. The number of aliphatic hydroxyl groups is 1. The molecule has 0 aliphatic heterocycles. The highest BCUT2D eigenvalue weighted by atomic mass is 31.2. The van der Waals surface area contributed by atoms with Gasteiger partial charge in [-0.05, 0) is 44.1 Å². The van der Waals surface area contributed by atoms with Crippen LogP contribution in [-0.2, 0) is 42.3 Å². The van der Waals surface area contributed by atoms with Crippen LogP contribution in [0.1, 0.15) is 155 Å². The molecule has 5 N–H and O–H groups in total. The van der Waals surface area contributed by atoms with Crippen molar-refractivity contribution < 1.29 is 57.4 Å². The molecular formula is C42H72NO12P. The largest absolute Gasteiger partial charge is 0.480 e. The Morgan fingerprint density at radius 3 is 2.00 bits per heavy atom. The average Bonchev–Trinajstić information content (AvgIpc) is 3.52. The lowest BCUT2D eigenvalue weighted by atomic mass is 9.90. The molecule has 1 aliphatic carbocycles. The second-order valence-corrected chi connectivity index (χ2v) is 16.2. The molecule has 1 rings (SSSR count). The van der Waals surface area contributed by atoms with E-state index in [1.54, 1.807) is 12.2 Å². The number of carboxylic acid groups (broad SMARTS) is 1. The number of phosphoric ester groups is 1. The molecule has 0 radical (unpaired) electrons. The van der Waals surface area contributed by atoms with E-state index in [2.05, 4.69) is 18.4 Å². The van der Waals surface area contributed by atoms with Crippen molar-refractivity contribution in [1.82, 2.24) is 0 Å².